The Kier molecular flexibility index (Phi) is 4.86. The zero-order chi connectivity index (χ0) is 13.5. The number of hydrogen-bond acceptors (Lipinski definition) is 4. The van der Waals surface area contributed by atoms with Gasteiger partial charge in [0, 0.05) is 24.5 Å². The third-order valence-corrected chi connectivity index (χ3v) is 2.81. The maximum atomic E-state index is 5.32. The molecule has 4 heteroatoms. The van der Waals surface area contributed by atoms with Crippen LogP contribution < -0.4 is 10.1 Å². The minimum Gasteiger partial charge on any atom is -0.496 e. The Morgan fingerprint density at radius 1 is 1.16 bits per heavy atom. The zero-order valence-electron chi connectivity index (χ0n) is 11.4. The first-order valence-corrected chi connectivity index (χ1v) is 6.50. The summed E-state index contributed by atoms with van der Waals surface area (Å²) in [7, 11) is 1.65. The average Bonchev–Trinajstić information content (AvgIpc) is 2.48. The van der Waals surface area contributed by atoms with Crippen molar-refractivity contribution in [2.75, 3.05) is 13.7 Å². The molecular formula is C15H19N3O. The average molecular weight is 257 g/mol. The summed E-state index contributed by atoms with van der Waals surface area (Å²) in [5, 5.41) is 3.33. The van der Waals surface area contributed by atoms with E-state index in [1.807, 2.05) is 36.7 Å². The number of benzene rings is 1. The molecule has 0 atom stereocenters. The molecule has 19 heavy (non-hydrogen) atoms. The lowest BCUT2D eigenvalue weighted by molar-refractivity contribution is 0.416. The molecule has 0 unspecified atom stereocenters. The highest BCUT2D eigenvalue weighted by Gasteiger charge is 2.07. The molecule has 1 aromatic carbocycles. The van der Waals surface area contributed by atoms with E-state index in [1.165, 1.54) is 0 Å². The molecule has 0 aliphatic heterocycles. The SMILES string of the molecule is CCCNCc1cnc(-c2ccccc2OC)nc1. The van der Waals surface area contributed by atoms with Gasteiger partial charge in [-0.15, -0.1) is 0 Å². The minimum absolute atomic E-state index is 0.691. The van der Waals surface area contributed by atoms with E-state index in [4.69, 9.17) is 4.74 Å². The lowest BCUT2D eigenvalue weighted by Gasteiger charge is -2.07. The van der Waals surface area contributed by atoms with Gasteiger partial charge in [0.05, 0.1) is 12.7 Å². The summed E-state index contributed by atoms with van der Waals surface area (Å²) in [6, 6.07) is 7.77. The molecule has 100 valence electrons. The minimum atomic E-state index is 0.691. The van der Waals surface area contributed by atoms with Crippen LogP contribution in [0.2, 0.25) is 0 Å². The summed E-state index contributed by atoms with van der Waals surface area (Å²) < 4.78 is 5.32. The van der Waals surface area contributed by atoms with Crippen molar-refractivity contribution in [3.8, 4) is 17.1 Å². The second kappa shape index (κ2) is 6.85. The lowest BCUT2D eigenvalue weighted by Crippen LogP contribution is -2.14. The van der Waals surface area contributed by atoms with Crippen LogP contribution >= 0.6 is 0 Å². The van der Waals surface area contributed by atoms with E-state index in [2.05, 4.69) is 22.2 Å². The first-order valence-electron chi connectivity index (χ1n) is 6.50. The van der Waals surface area contributed by atoms with Gasteiger partial charge in [0.25, 0.3) is 0 Å². The Hall–Kier alpha value is -1.94. The van der Waals surface area contributed by atoms with Gasteiger partial charge < -0.3 is 10.1 Å². The lowest BCUT2D eigenvalue weighted by atomic mass is 10.2. The van der Waals surface area contributed by atoms with Gasteiger partial charge in [-0.25, -0.2) is 9.97 Å². The van der Waals surface area contributed by atoms with Gasteiger partial charge in [-0.1, -0.05) is 19.1 Å². The summed E-state index contributed by atoms with van der Waals surface area (Å²) in [6.45, 7) is 3.96. The van der Waals surface area contributed by atoms with Crippen LogP contribution in [-0.4, -0.2) is 23.6 Å². The molecular weight excluding hydrogens is 238 g/mol. The molecule has 4 nitrogen and oxygen atoms in total. The van der Waals surface area contributed by atoms with Crippen molar-refractivity contribution in [3.63, 3.8) is 0 Å². The second-order valence-corrected chi connectivity index (χ2v) is 4.29. The van der Waals surface area contributed by atoms with E-state index in [0.29, 0.717) is 5.82 Å². The normalized spacial score (nSPS) is 10.4. The zero-order valence-corrected chi connectivity index (χ0v) is 11.4. The smallest absolute Gasteiger partial charge is 0.162 e. The predicted molar refractivity (Wildman–Crippen MR) is 76.0 cm³/mol. The number of rotatable bonds is 6. The molecule has 0 bridgehead atoms. The van der Waals surface area contributed by atoms with Crippen molar-refractivity contribution in [3.05, 3.63) is 42.2 Å². The molecule has 1 aromatic heterocycles. The topological polar surface area (TPSA) is 47.0 Å². The van der Waals surface area contributed by atoms with Gasteiger partial charge in [-0.3, -0.25) is 0 Å². The first kappa shape index (κ1) is 13.5. The van der Waals surface area contributed by atoms with Gasteiger partial charge in [0.1, 0.15) is 5.75 Å². The number of aromatic nitrogens is 2. The number of nitrogens with zero attached hydrogens (tertiary/aromatic N) is 2. The molecule has 0 saturated carbocycles. The summed E-state index contributed by atoms with van der Waals surface area (Å²) in [4.78, 5) is 8.81. The summed E-state index contributed by atoms with van der Waals surface area (Å²) in [5.41, 5.74) is 2.00. The van der Waals surface area contributed by atoms with E-state index in [0.717, 1.165) is 36.4 Å². The molecule has 1 N–H and O–H groups in total. The molecule has 0 spiro atoms. The number of nitrogens with one attached hydrogen (secondary N) is 1. The van der Waals surface area contributed by atoms with E-state index in [1.54, 1.807) is 7.11 Å². The molecule has 0 aliphatic rings. The van der Waals surface area contributed by atoms with Gasteiger partial charge in [-0.2, -0.15) is 0 Å². The summed E-state index contributed by atoms with van der Waals surface area (Å²) in [5.74, 6) is 1.48. The van der Waals surface area contributed by atoms with Crippen molar-refractivity contribution in [1.29, 1.82) is 0 Å². The number of ether oxygens (including phenoxy) is 1. The maximum absolute atomic E-state index is 5.32. The number of para-hydroxylation sites is 1. The van der Waals surface area contributed by atoms with E-state index in [-0.39, 0.29) is 0 Å². The Labute approximate surface area is 113 Å². The van der Waals surface area contributed by atoms with Crippen LogP contribution in [0.4, 0.5) is 0 Å². The monoisotopic (exact) mass is 257 g/mol. The summed E-state index contributed by atoms with van der Waals surface area (Å²) >= 11 is 0. The van der Waals surface area contributed by atoms with Gasteiger partial charge >= 0.3 is 0 Å². The largest absolute Gasteiger partial charge is 0.496 e. The van der Waals surface area contributed by atoms with Crippen molar-refractivity contribution >= 4 is 0 Å². The van der Waals surface area contributed by atoms with Crippen LogP contribution in [0.5, 0.6) is 5.75 Å². The van der Waals surface area contributed by atoms with E-state index in [9.17, 15) is 0 Å². The fourth-order valence-electron chi connectivity index (χ4n) is 1.82. The maximum Gasteiger partial charge on any atom is 0.162 e. The quantitative estimate of drug-likeness (QED) is 0.808. The van der Waals surface area contributed by atoms with Gasteiger partial charge in [-0.05, 0) is 25.1 Å². The molecule has 1 heterocycles. The molecule has 0 radical (unpaired) electrons. The van der Waals surface area contributed by atoms with Crippen LogP contribution in [0.3, 0.4) is 0 Å². The Bertz CT molecular complexity index is 511. The standard InChI is InChI=1S/C15H19N3O/c1-3-8-16-9-12-10-17-15(18-11-12)13-6-4-5-7-14(13)19-2/h4-7,10-11,16H,3,8-9H2,1-2H3. The molecule has 0 aliphatic carbocycles. The van der Waals surface area contributed by atoms with Crippen molar-refractivity contribution < 1.29 is 4.74 Å². The van der Waals surface area contributed by atoms with Crippen molar-refractivity contribution in [2.45, 2.75) is 19.9 Å². The second-order valence-electron chi connectivity index (χ2n) is 4.29. The predicted octanol–water partition coefficient (Wildman–Crippen LogP) is 2.65. The molecule has 0 saturated heterocycles. The first-order chi connectivity index (χ1) is 9.35. The van der Waals surface area contributed by atoms with Gasteiger partial charge in [0.15, 0.2) is 5.82 Å². The van der Waals surface area contributed by atoms with Crippen molar-refractivity contribution in [1.82, 2.24) is 15.3 Å². The molecule has 2 rings (SSSR count). The number of methoxy groups -OCH3 is 1. The highest BCUT2D eigenvalue weighted by Crippen LogP contribution is 2.26. The molecule has 0 fully saturated rings. The van der Waals surface area contributed by atoms with Crippen LogP contribution in [0.15, 0.2) is 36.7 Å². The van der Waals surface area contributed by atoms with Gasteiger partial charge in [0.2, 0.25) is 0 Å². The fraction of sp³-hybridized carbons (Fsp3) is 0.333. The van der Waals surface area contributed by atoms with E-state index >= 15 is 0 Å². The third kappa shape index (κ3) is 3.51. The fourth-order valence-corrected chi connectivity index (χ4v) is 1.82. The highest BCUT2D eigenvalue weighted by atomic mass is 16.5. The third-order valence-electron chi connectivity index (χ3n) is 2.81. The van der Waals surface area contributed by atoms with Crippen LogP contribution in [0, 0.1) is 0 Å². The molecule has 0 amide bonds. The molecule has 2 aromatic rings. The van der Waals surface area contributed by atoms with E-state index < -0.39 is 0 Å². The van der Waals surface area contributed by atoms with Crippen LogP contribution in [0.25, 0.3) is 11.4 Å². The number of hydrogen-bond donors (Lipinski definition) is 1. The summed E-state index contributed by atoms with van der Waals surface area (Å²) in [6.07, 6.45) is 4.84. The Balaban J connectivity index is 2.13. The highest BCUT2D eigenvalue weighted by molar-refractivity contribution is 5.63. The Morgan fingerprint density at radius 3 is 2.58 bits per heavy atom. The van der Waals surface area contributed by atoms with Crippen molar-refractivity contribution in [2.24, 2.45) is 0 Å². The Morgan fingerprint density at radius 2 is 1.89 bits per heavy atom. The van der Waals surface area contributed by atoms with Crippen LogP contribution in [-0.2, 0) is 6.54 Å². The van der Waals surface area contributed by atoms with Crippen LogP contribution in [0.1, 0.15) is 18.9 Å².